The molecule has 0 saturated heterocycles. The van der Waals surface area contributed by atoms with E-state index in [0.29, 0.717) is 22.2 Å². The van der Waals surface area contributed by atoms with Crippen LogP contribution in [0.4, 0.5) is 0 Å². The molecule has 0 bridgehead atoms. The van der Waals surface area contributed by atoms with Crippen molar-refractivity contribution in [3.8, 4) is 5.88 Å². The topological polar surface area (TPSA) is 81.9 Å². The normalized spacial score (nSPS) is 11.0. The van der Waals surface area contributed by atoms with Crippen LogP contribution in [0.15, 0.2) is 29.2 Å². The van der Waals surface area contributed by atoms with Crippen LogP contribution in [0, 0.1) is 6.92 Å². The molecule has 0 saturated carbocycles. The van der Waals surface area contributed by atoms with E-state index < -0.39 is 11.3 Å². The smallest absolute Gasteiger partial charge is 0.277 e. The van der Waals surface area contributed by atoms with Gasteiger partial charge in [-0.1, -0.05) is 23.2 Å². The van der Waals surface area contributed by atoms with Crippen LogP contribution in [-0.2, 0) is 20.7 Å². The van der Waals surface area contributed by atoms with Crippen molar-refractivity contribution in [2.24, 2.45) is 14.1 Å². The number of H-pyrrole nitrogens is 1. The summed E-state index contributed by atoms with van der Waals surface area (Å²) in [4.78, 5) is 25.1. The molecule has 0 fully saturated rings. The summed E-state index contributed by atoms with van der Waals surface area (Å²) < 4.78 is 8.47. The molecule has 2 aromatic heterocycles. The first-order valence-electron chi connectivity index (χ1n) is 7.69. The third-order valence-corrected chi connectivity index (χ3v) is 4.81. The second kappa shape index (κ2) is 7.01. The Kier molecular flexibility index (Phi) is 4.93. The molecule has 0 aliphatic rings. The van der Waals surface area contributed by atoms with E-state index in [1.54, 1.807) is 44.0 Å². The number of hydrogen-bond donors (Lipinski definition) is 1. The van der Waals surface area contributed by atoms with Crippen LogP contribution in [0.25, 0.3) is 0 Å². The van der Waals surface area contributed by atoms with Crippen LogP contribution < -0.4 is 10.3 Å². The number of aromatic amines is 1. The van der Waals surface area contributed by atoms with Crippen molar-refractivity contribution in [2.75, 3.05) is 0 Å². The van der Waals surface area contributed by atoms with Gasteiger partial charge in [-0.25, -0.2) is 4.68 Å². The molecule has 0 atom stereocenters. The first-order valence-corrected chi connectivity index (χ1v) is 8.44. The Balaban J connectivity index is 1.98. The van der Waals surface area contributed by atoms with Crippen molar-refractivity contribution in [1.29, 1.82) is 0 Å². The van der Waals surface area contributed by atoms with E-state index in [4.69, 9.17) is 27.9 Å². The second-order valence-electron chi connectivity index (χ2n) is 5.77. The van der Waals surface area contributed by atoms with Crippen molar-refractivity contribution < 1.29 is 9.53 Å². The number of carbonyl (C=O) groups is 1. The zero-order valence-electron chi connectivity index (χ0n) is 14.3. The van der Waals surface area contributed by atoms with E-state index in [9.17, 15) is 9.59 Å². The largest absolute Gasteiger partial charge is 0.473 e. The Hall–Kier alpha value is -2.51. The number of nitrogens with zero attached hydrogens (tertiary/aromatic N) is 3. The minimum Gasteiger partial charge on any atom is -0.473 e. The van der Waals surface area contributed by atoms with Gasteiger partial charge < -0.3 is 4.74 Å². The Labute approximate surface area is 159 Å². The lowest BCUT2D eigenvalue weighted by molar-refractivity contribution is 0.103. The number of carbonyl (C=O) groups excluding carboxylic acids is 1. The third kappa shape index (κ3) is 3.15. The molecule has 3 rings (SSSR count). The van der Waals surface area contributed by atoms with Crippen molar-refractivity contribution >= 4 is 29.0 Å². The quantitative estimate of drug-likeness (QED) is 0.674. The Morgan fingerprint density at radius 3 is 2.58 bits per heavy atom. The highest BCUT2D eigenvalue weighted by Gasteiger charge is 2.23. The summed E-state index contributed by atoms with van der Waals surface area (Å²) in [5.74, 6) is 0.0667. The SMILES string of the molecule is Cc1[nH]n(C)c(=O)c1C(=O)c1ccc(Cl)c(COc2ccnn2C)c1Cl. The third-order valence-electron chi connectivity index (χ3n) is 4.03. The maximum Gasteiger partial charge on any atom is 0.277 e. The summed E-state index contributed by atoms with van der Waals surface area (Å²) in [6.07, 6.45) is 1.60. The van der Waals surface area contributed by atoms with Crippen LogP contribution in [0.1, 0.15) is 27.2 Å². The van der Waals surface area contributed by atoms with E-state index in [1.807, 2.05) is 0 Å². The molecular formula is C17H16Cl2N4O3. The van der Waals surface area contributed by atoms with E-state index in [2.05, 4.69) is 10.2 Å². The van der Waals surface area contributed by atoms with Gasteiger partial charge in [-0.3, -0.25) is 19.4 Å². The van der Waals surface area contributed by atoms with Crippen LogP contribution >= 0.6 is 23.2 Å². The van der Waals surface area contributed by atoms with Crippen LogP contribution in [0.3, 0.4) is 0 Å². The molecule has 1 aromatic carbocycles. The maximum absolute atomic E-state index is 12.9. The molecule has 1 N–H and O–H groups in total. The Morgan fingerprint density at radius 1 is 1.27 bits per heavy atom. The predicted octanol–water partition coefficient (Wildman–Crippen LogP) is 2.87. The number of ether oxygens (including phenoxy) is 1. The summed E-state index contributed by atoms with van der Waals surface area (Å²) in [5, 5.41) is 7.34. The number of aryl methyl sites for hydroxylation is 3. The average Bonchev–Trinajstić information content (AvgIpc) is 3.10. The first kappa shape index (κ1) is 18.3. The van der Waals surface area contributed by atoms with Gasteiger partial charge in [-0.15, -0.1) is 0 Å². The lowest BCUT2D eigenvalue weighted by Gasteiger charge is -2.12. The number of aromatic nitrogens is 4. The molecule has 9 heteroatoms. The fraction of sp³-hybridized carbons (Fsp3) is 0.235. The van der Waals surface area contributed by atoms with Crippen LogP contribution in [-0.4, -0.2) is 25.3 Å². The number of nitrogens with one attached hydrogen (secondary N) is 1. The zero-order chi connectivity index (χ0) is 19.0. The lowest BCUT2D eigenvalue weighted by atomic mass is 10.0. The maximum atomic E-state index is 12.9. The highest BCUT2D eigenvalue weighted by atomic mass is 35.5. The number of rotatable bonds is 5. The average molecular weight is 395 g/mol. The van der Waals surface area contributed by atoms with Gasteiger partial charge in [0.1, 0.15) is 12.2 Å². The van der Waals surface area contributed by atoms with Gasteiger partial charge in [0, 0.05) is 42.0 Å². The van der Waals surface area contributed by atoms with E-state index in [1.165, 1.54) is 10.7 Å². The Bertz CT molecular complexity index is 1050. The molecule has 0 amide bonds. The minimum atomic E-state index is -0.465. The second-order valence-corrected chi connectivity index (χ2v) is 6.56. The number of hydrogen-bond acceptors (Lipinski definition) is 4. The van der Waals surface area contributed by atoms with E-state index in [-0.39, 0.29) is 22.8 Å². The standard InChI is InChI=1S/C17H16Cl2N4O3/c1-9-14(17(25)23(3)21-9)16(24)10-4-5-12(18)11(15(10)19)8-26-13-6-7-20-22(13)2/h4-7,21H,8H2,1-3H3. The Morgan fingerprint density at radius 2 is 2.00 bits per heavy atom. The number of benzene rings is 1. The summed E-state index contributed by atoms with van der Waals surface area (Å²) in [5.41, 5.74) is 0.771. The lowest BCUT2D eigenvalue weighted by Crippen LogP contribution is -2.20. The minimum absolute atomic E-state index is 0.0511. The van der Waals surface area contributed by atoms with Crippen molar-refractivity contribution in [3.63, 3.8) is 0 Å². The van der Waals surface area contributed by atoms with Gasteiger partial charge in [0.25, 0.3) is 5.56 Å². The highest BCUT2D eigenvalue weighted by molar-refractivity contribution is 6.38. The van der Waals surface area contributed by atoms with Gasteiger partial charge in [0.15, 0.2) is 0 Å². The molecule has 0 spiro atoms. The fourth-order valence-corrected chi connectivity index (χ4v) is 3.21. The molecule has 2 heterocycles. The molecule has 7 nitrogen and oxygen atoms in total. The predicted molar refractivity (Wildman–Crippen MR) is 98.2 cm³/mol. The molecule has 3 aromatic rings. The monoisotopic (exact) mass is 394 g/mol. The summed E-state index contributed by atoms with van der Waals surface area (Å²) in [6, 6.07) is 4.77. The van der Waals surface area contributed by atoms with Crippen LogP contribution in [0.2, 0.25) is 10.0 Å². The summed E-state index contributed by atoms with van der Waals surface area (Å²) >= 11 is 12.7. The zero-order valence-corrected chi connectivity index (χ0v) is 15.9. The van der Waals surface area contributed by atoms with Gasteiger partial charge in [0.2, 0.25) is 11.7 Å². The summed E-state index contributed by atoms with van der Waals surface area (Å²) in [6.45, 7) is 1.72. The van der Waals surface area contributed by atoms with Gasteiger partial charge in [-0.2, -0.15) is 5.10 Å². The van der Waals surface area contributed by atoms with Crippen molar-refractivity contribution in [2.45, 2.75) is 13.5 Å². The molecule has 136 valence electrons. The van der Waals surface area contributed by atoms with E-state index >= 15 is 0 Å². The van der Waals surface area contributed by atoms with Gasteiger partial charge in [-0.05, 0) is 19.1 Å². The molecule has 0 aliphatic heterocycles. The van der Waals surface area contributed by atoms with Gasteiger partial charge in [0.05, 0.1) is 11.2 Å². The summed E-state index contributed by atoms with van der Waals surface area (Å²) in [7, 11) is 3.28. The highest BCUT2D eigenvalue weighted by Crippen LogP contribution is 2.30. The van der Waals surface area contributed by atoms with Gasteiger partial charge >= 0.3 is 0 Å². The van der Waals surface area contributed by atoms with Crippen molar-refractivity contribution in [1.82, 2.24) is 19.6 Å². The molecule has 26 heavy (non-hydrogen) atoms. The van der Waals surface area contributed by atoms with E-state index in [0.717, 1.165) is 0 Å². The molecule has 0 aliphatic carbocycles. The van der Waals surface area contributed by atoms with Crippen molar-refractivity contribution in [3.05, 3.63) is 67.2 Å². The molecule has 0 radical (unpaired) electrons. The number of halogens is 2. The number of ketones is 1. The first-order chi connectivity index (χ1) is 12.3. The molecule has 0 unspecified atom stereocenters. The molecular weight excluding hydrogens is 379 g/mol. The fourth-order valence-electron chi connectivity index (χ4n) is 2.64. The van der Waals surface area contributed by atoms with Crippen LogP contribution in [0.5, 0.6) is 5.88 Å².